The number of rotatable bonds is 2. The van der Waals surface area contributed by atoms with E-state index in [1.165, 1.54) is 0 Å². The Morgan fingerprint density at radius 2 is 1.93 bits per heavy atom. The van der Waals surface area contributed by atoms with Crippen molar-refractivity contribution in [1.29, 1.82) is 0 Å². The minimum Gasteiger partial charge on any atom is -0.366 e. The monoisotopic (exact) mass is 200 g/mol. The van der Waals surface area contributed by atoms with E-state index in [2.05, 4.69) is 0 Å². The third-order valence-electron chi connectivity index (χ3n) is 2.39. The lowest BCUT2D eigenvalue weighted by Crippen LogP contribution is -2.13. The van der Waals surface area contributed by atoms with Gasteiger partial charge >= 0.3 is 0 Å². The molecule has 2 aromatic rings. The van der Waals surface area contributed by atoms with Crippen LogP contribution < -0.4 is 5.73 Å². The van der Waals surface area contributed by atoms with Crippen LogP contribution in [0, 0.1) is 6.92 Å². The molecule has 0 fully saturated rings. The molecule has 0 spiro atoms. The summed E-state index contributed by atoms with van der Waals surface area (Å²) >= 11 is 0. The Hall–Kier alpha value is -2.03. The summed E-state index contributed by atoms with van der Waals surface area (Å²) in [7, 11) is 0. The molecule has 0 aliphatic heterocycles. The van der Waals surface area contributed by atoms with Crippen LogP contribution in [0.3, 0.4) is 0 Å². The molecule has 1 amide bonds. The second kappa shape index (κ2) is 3.61. The van der Waals surface area contributed by atoms with E-state index in [1.54, 1.807) is 6.07 Å². The van der Waals surface area contributed by atoms with E-state index in [9.17, 15) is 4.79 Å². The molecular formula is C12H12N2O. The normalized spacial score (nSPS) is 10.2. The van der Waals surface area contributed by atoms with Crippen molar-refractivity contribution >= 4 is 5.91 Å². The number of aryl methyl sites for hydroxylation is 1. The molecule has 76 valence electrons. The van der Waals surface area contributed by atoms with E-state index in [0.717, 1.165) is 11.3 Å². The molecule has 1 heterocycles. The fourth-order valence-corrected chi connectivity index (χ4v) is 1.54. The molecule has 0 aliphatic rings. The van der Waals surface area contributed by atoms with Gasteiger partial charge in [-0.2, -0.15) is 0 Å². The SMILES string of the molecule is Cc1ccc(-n2cccc2)cc1C(N)=O. The molecule has 0 aliphatic carbocycles. The van der Waals surface area contributed by atoms with Crippen LogP contribution in [0.25, 0.3) is 5.69 Å². The summed E-state index contributed by atoms with van der Waals surface area (Å²) < 4.78 is 1.94. The molecule has 2 N–H and O–H groups in total. The van der Waals surface area contributed by atoms with Crippen LogP contribution in [0.15, 0.2) is 42.7 Å². The third-order valence-corrected chi connectivity index (χ3v) is 2.39. The van der Waals surface area contributed by atoms with Crippen LogP contribution in [0.2, 0.25) is 0 Å². The molecule has 3 nitrogen and oxygen atoms in total. The van der Waals surface area contributed by atoms with Crippen molar-refractivity contribution in [1.82, 2.24) is 4.57 Å². The number of nitrogens with zero attached hydrogens (tertiary/aromatic N) is 1. The fourth-order valence-electron chi connectivity index (χ4n) is 1.54. The van der Waals surface area contributed by atoms with Gasteiger partial charge in [-0.15, -0.1) is 0 Å². The highest BCUT2D eigenvalue weighted by atomic mass is 16.1. The first-order valence-electron chi connectivity index (χ1n) is 4.72. The standard InChI is InChI=1S/C12H12N2O/c1-9-4-5-10(8-11(9)12(13)15)14-6-2-3-7-14/h2-8H,1H3,(H2,13,15). The lowest BCUT2D eigenvalue weighted by atomic mass is 10.1. The maximum absolute atomic E-state index is 11.2. The van der Waals surface area contributed by atoms with E-state index in [4.69, 9.17) is 5.73 Å². The van der Waals surface area contributed by atoms with Gasteiger partial charge in [0, 0.05) is 23.6 Å². The largest absolute Gasteiger partial charge is 0.366 e. The second-order valence-corrected chi connectivity index (χ2v) is 3.45. The summed E-state index contributed by atoms with van der Waals surface area (Å²) in [6.45, 7) is 1.87. The number of hydrogen-bond donors (Lipinski definition) is 1. The Labute approximate surface area is 88.1 Å². The van der Waals surface area contributed by atoms with E-state index in [0.29, 0.717) is 5.56 Å². The van der Waals surface area contributed by atoms with Gasteiger partial charge in [0.05, 0.1) is 0 Å². The van der Waals surface area contributed by atoms with Crippen LogP contribution in [0.4, 0.5) is 0 Å². The zero-order valence-electron chi connectivity index (χ0n) is 8.47. The minimum atomic E-state index is -0.387. The van der Waals surface area contributed by atoms with E-state index >= 15 is 0 Å². The van der Waals surface area contributed by atoms with Crippen LogP contribution >= 0.6 is 0 Å². The first-order valence-corrected chi connectivity index (χ1v) is 4.72. The molecule has 0 saturated carbocycles. The molecule has 2 rings (SSSR count). The molecular weight excluding hydrogens is 188 g/mol. The first kappa shape index (κ1) is 9.52. The van der Waals surface area contributed by atoms with Crippen molar-refractivity contribution in [3.05, 3.63) is 53.9 Å². The molecule has 1 aromatic carbocycles. The average Bonchev–Trinajstić information content (AvgIpc) is 2.71. The lowest BCUT2D eigenvalue weighted by Gasteiger charge is -2.06. The number of benzene rings is 1. The molecule has 0 bridgehead atoms. The highest BCUT2D eigenvalue weighted by Crippen LogP contribution is 2.14. The van der Waals surface area contributed by atoms with Gasteiger partial charge < -0.3 is 10.3 Å². The Bertz CT molecular complexity index is 486. The zero-order chi connectivity index (χ0) is 10.8. The van der Waals surface area contributed by atoms with Crippen LogP contribution in [0.1, 0.15) is 15.9 Å². The van der Waals surface area contributed by atoms with Gasteiger partial charge in [-0.1, -0.05) is 6.07 Å². The van der Waals surface area contributed by atoms with Gasteiger partial charge in [-0.25, -0.2) is 0 Å². The van der Waals surface area contributed by atoms with Gasteiger partial charge in [-0.05, 0) is 36.8 Å². The highest BCUT2D eigenvalue weighted by Gasteiger charge is 2.06. The van der Waals surface area contributed by atoms with Crippen LogP contribution in [0.5, 0.6) is 0 Å². The smallest absolute Gasteiger partial charge is 0.249 e. The average molecular weight is 200 g/mol. The van der Waals surface area contributed by atoms with E-state index in [1.807, 2.05) is 48.1 Å². The van der Waals surface area contributed by atoms with Gasteiger partial charge in [0.2, 0.25) is 5.91 Å². The van der Waals surface area contributed by atoms with Crippen molar-refractivity contribution in [2.45, 2.75) is 6.92 Å². The van der Waals surface area contributed by atoms with Crippen molar-refractivity contribution in [3.63, 3.8) is 0 Å². The van der Waals surface area contributed by atoms with Gasteiger partial charge in [0.15, 0.2) is 0 Å². The summed E-state index contributed by atoms with van der Waals surface area (Å²) in [6.07, 6.45) is 3.85. The molecule has 15 heavy (non-hydrogen) atoms. The summed E-state index contributed by atoms with van der Waals surface area (Å²) in [5.74, 6) is -0.387. The number of hydrogen-bond acceptors (Lipinski definition) is 1. The number of aromatic nitrogens is 1. The minimum absolute atomic E-state index is 0.387. The fraction of sp³-hybridized carbons (Fsp3) is 0.0833. The Balaban J connectivity index is 2.52. The summed E-state index contributed by atoms with van der Waals surface area (Å²) in [6, 6.07) is 9.53. The lowest BCUT2D eigenvalue weighted by molar-refractivity contribution is 0.0999. The Kier molecular flexibility index (Phi) is 2.29. The first-order chi connectivity index (χ1) is 7.18. The second-order valence-electron chi connectivity index (χ2n) is 3.45. The molecule has 0 unspecified atom stereocenters. The summed E-state index contributed by atoms with van der Waals surface area (Å²) in [4.78, 5) is 11.2. The number of nitrogens with two attached hydrogens (primary N) is 1. The van der Waals surface area contributed by atoms with Crippen molar-refractivity contribution in [3.8, 4) is 5.69 Å². The van der Waals surface area contributed by atoms with Gasteiger partial charge in [0.25, 0.3) is 0 Å². The quantitative estimate of drug-likeness (QED) is 0.790. The molecule has 1 aromatic heterocycles. The summed E-state index contributed by atoms with van der Waals surface area (Å²) in [5.41, 5.74) is 7.70. The van der Waals surface area contributed by atoms with E-state index < -0.39 is 0 Å². The molecule has 0 atom stereocenters. The molecule has 3 heteroatoms. The topological polar surface area (TPSA) is 48.0 Å². The predicted octanol–water partition coefficient (Wildman–Crippen LogP) is 1.88. The summed E-state index contributed by atoms with van der Waals surface area (Å²) in [5, 5.41) is 0. The Morgan fingerprint density at radius 1 is 1.27 bits per heavy atom. The van der Waals surface area contributed by atoms with Gasteiger partial charge in [-0.3, -0.25) is 4.79 Å². The zero-order valence-corrected chi connectivity index (χ0v) is 8.47. The van der Waals surface area contributed by atoms with Gasteiger partial charge in [0.1, 0.15) is 0 Å². The highest BCUT2D eigenvalue weighted by molar-refractivity contribution is 5.94. The number of carbonyl (C=O) groups excluding carboxylic acids is 1. The van der Waals surface area contributed by atoms with Crippen molar-refractivity contribution in [2.24, 2.45) is 5.73 Å². The van der Waals surface area contributed by atoms with Crippen molar-refractivity contribution < 1.29 is 4.79 Å². The number of amides is 1. The number of primary amides is 1. The third kappa shape index (κ3) is 1.76. The van der Waals surface area contributed by atoms with Crippen molar-refractivity contribution in [2.75, 3.05) is 0 Å². The van der Waals surface area contributed by atoms with E-state index in [-0.39, 0.29) is 5.91 Å². The number of carbonyl (C=O) groups is 1. The maximum atomic E-state index is 11.2. The van der Waals surface area contributed by atoms with Crippen LogP contribution in [-0.4, -0.2) is 10.5 Å². The maximum Gasteiger partial charge on any atom is 0.249 e. The predicted molar refractivity (Wildman–Crippen MR) is 59.0 cm³/mol. The Morgan fingerprint density at radius 3 is 2.53 bits per heavy atom. The molecule has 0 saturated heterocycles. The molecule has 0 radical (unpaired) electrons. The van der Waals surface area contributed by atoms with Crippen LogP contribution in [-0.2, 0) is 0 Å².